The third-order valence-electron chi connectivity index (χ3n) is 4.96. The van der Waals surface area contributed by atoms with Crippen molar-refractivity contribution in [3.63, 3.8) is 0 Å². The van der Waals surface area contributed by atoms with Crippen molar-refractivity contribution >= 4 is 5.91 Å². The molecule has 1 aliphatic carbocycles. The van der Waals surface area contributed by atoms with E-state index >= 15 is 0 Å². The first kappa shape index (κ1) is 16.9. The number of nitrogens with two attached hydrogens (primary N) is 1. The van der Waals surface area contributed by atoms with Gasteiger partial charge in [-0.3, -0.25) is 9.78 Å². The van der Waals surface area contributed by atoms with Crippen LogP contribution in [0.3, 0.4) is 0 Å². The van der Waals surface area contributed by atoms with Crippen LogP contribution in [0.4, 0.5) is 13.2 Å². The molecule has 1 amide bonds. The fraction of sp³-hybridized carbons (Fsp3) is 0.667. The Morgan fingerprint density at radius 1 is 1.50 bits per heavy atom. The van der Waals surface area contributed by atoms with Crippen LogP contribution in [-0.4, -0.2) is 35.1 Å². The first-order valence-electron chi connectivity index (χ1n) is 7.76. The van der Waals surface area contributed by atoms with Gasteiger partial charge >= 0.3 is 6.18 Å². The van der Waals surface area contributed by atoms with Crippen LogP contribution in [0.2, 0.25) is 0 Å². The van der Waals surface area contributed by atoms with Crippen molar-refractivity contribution in [1.29, 1.82) is 0 Å². The molecule has 1 saturated carbocycles. The van der Waals surface area contributed by atoms with E-state index in [-0.39, 0.29) is 41.3 Å². The molecule has 2 aliphatic rings. The SMILES string of the molecule is COc1cnc(CC2CC23CC(C(N)=O)CCN3)c(C(F)(F)F)n1. The topological polar surface area (TPSA) is 90.1 Å². The van der Waals surface area contributed by atoms with Crippen molar-refractivity contribution < 1.29 is 22.7 Å². The van der Waals surface area contributed by atoms with E-state index in [0.29, 0.717) is 25.8 Å². The number of alkyl halides is 3. The number of amides is 1. The van der Waals surface area contributed by atoms with Gasteiger partial charge in [-0.05, 0) is 38.1 Å². The molecule has 1 aliphatic heterocycles. The highest BCUT2D eigenvalue weighted by Gasteiger charge is 2.57. The first-order valence-corrected chi connectivity index (χ1v) is 7.76. The molecule has 3 rings (SSSR count). The van der Waals surface area contributed by atoms with Gasteiger partial charge in [-0.2, -0.15) is 13.2 Å². The number of carbonyl (C=O) groups is 1. The molecule has 0 aromatic carbocycles. The van der Waals surface area contributed by atoms with Crippen LogP contribution in [0.15, 0.2) is 6.20 Å². The molecule has 3 atom stereocenters. The van der Waals surface area contributed by atoms with E-state index in [9.17, 15) is 18.0 Å². The quantitative estimate of drug-likeness (QED) is 0.859. The Morgan fingerprint density at radius 2 is 2.25 bits per heavy atom. The smallest absolute Gasteiger partial charge is 0.435 e. The van der Waals surface area contributed by atoms with E-state index in [0.717, 1.165) is 0 Å². The summed E-state index contributed by atoms with van der Waals surface area (Å²) in [5.74, 6) is -0.744. The molecule has 0 radical (unpaired) electrons. The van der Waals surface area contributed by atoms with Gasteiger partial charge in [-0.25, -0.2) is 4.98 Å². The Morgan fingerprint density at radius 3 is 2.88 bits per heavy atom. The Kier molecular flexibility index (Phi) is 4.15. The summed E-state index contributed by atoms with van der Waals surface area (Å²) in [6.45, 7) is 0.643. The number of nitrogens with one attached hydrogen (secondary N) is 1. The molecule has 24 heavy (non-hydrogen) atoms. The molecule has 1 aromatic rings. The minimum absolute atomic E-state index is 0.0107. The number of ether oxygens (including phenoxy) is 1. The lowest BCUT2D eigenvalue weighted by Gasteiger charge is -2.30. The van der Waals surface area contributed by atoms with Gasteiger partial charge in [0.15, 0.2) is 5.69 Å². The predicted octanol–water partition coefficient (Wildman–Crippen LogP) is 1.29. The third kappa shape index (κ3) is 3.17. The monoisotopic (exact) mass is 344 g/mol. The predicted molar refractivity (Wildman–Crippen MR) is 78.0 cm³/mol. The average molecular weight is 344 g/mol. The minimum atomic E-state index is -4.59. The molecule has 3 unspecified atom stereocenters. The summed E-state index contributed by atoms with van der Waals surface area (Å²) in [7, 11) is 1.25. The van der Waals surface area contributed by atoms with Gasteiger partial charge in [0.1, 0.15) is 0 Å². The second kappa shape index (κ2) is 5.87. The Hall–Kier alpha value is -1.90. The number of rotatable bonds is 4. The van der Waals surface area contributed by atoms with Crippen LogP contribution < -0.4 is 15.8 Å². The maximum atomic E-state index is 13.2. The van der Waals surface area contributed by atoms with Gasteiger partial charge < -0.3 is 15.8 Å². The lowest BCUT2D eigenvalue weighted by Crippen LogP contribution is -2.45. The zero-order valence-electron chi connectivity index (χ0n) is 13.2. The number of carbonyl (C=O) groups excluding carboxylic acids is 1. The second-order valence-corrected chi connectivity index (χ2v) is 6.49. The number of hydrogen-bond donors (Lipinski definition) is 2. The zero-order valence-corrected chi connectivity index (χ0v) is 13.2. The lowest BCUT2D eigenvalue weighted by molar-refractivity contribution is -0.142. The molecule has 1 spiro atoms. The summed E-state index contributed by atoms with van der Waals surface area (Å²) in [5.41, 5.74) is 3.97. The van der Waals surface area contributed by atoms with Crippen LogP contribution in [0.25, 0.3) is 0 Å². The van der Waals surface area contributed by atoms with Gasteiger partial charge in [0.2, 0.25) is 11.8 Å². The lowest BCUT2D eigenvalue weighted by atomic mass is 9.88. The van der Waals surface area contributed by atoms with Crippen LogP contribution in [-0.2, 0) is 17.4 Å². The number of hydrogen-bond acceptors (Lipinski definition) is 5. The Balaban J connectivity index is 1.77. The summed E-state index contributed by atoms with van der Waals surface area (Å²) < 4.78 is 44.3. The molecule has 2 fully saturated rings. The van der Waals surface area contributed by atoms with Gasteiger partial charge in [0.25, 0.3) is 0 Å². The summed E-state index contributed by atoms with van der Waals surface area (Å²) in [4.78, 5) is 18.8. The van der Waals surface area contributed by atoms with Crippen molar-refractivity contribution in [3.8, 4) is 5.88 Å². The number of nitrogens with zero attached hydrogens (tertiary/aromatic N) is 2. The van der Waals surface area contributed by atoms with Crippen molar-refractivity contribution in [2.75, 3.05) is 13.7 Å². The fourth-order valence-electron chi connectivity index (χ4n) is 3.57. The van der Waals surface area contributed by atoms with Crippen LogP contribution in [0.1, 0.15) is 30.7 Å². The maximum absolute atomic E-state index is 13.2. The molecule has 0 bridgehead atoms. The molecule has 1 aromatic heterocycles. The van der Waals surface area contributed by atoms with Crippen molar-refractivity contribution in [2.45, 2.75) is 37.4 Å². The molecule has 2 heterocycles. The average Bonchev–Trinajstić information content (AvgIpc) is 3.17. The minimum Gasteiger partial charge on any atom is -0.480 e. The molecule has 9 heteroatoms. The third-order valence-corrected chi connectivity index (χ3v) is 4.96. The van der Waals surface area contributed by atoms with Gasteiger partial charge in [-0.1, -0.05) is 0 Å². The molecule has 3 N–H and O–H groups in total. The van der Waals surface area contributed by atoms with E-state index < -0.39 is 11.9 Å². The second-order valence-electron chi connectivity index (χ2n) is 6.49. The normalized spacial score (nSPS) is 29.5. The van der Waals surface area contributed by atoms with Crippen LogP contribution in [0, 0.1) is 11.8 Å². The number of primary amides is 1. The van der Waals surface area contributed by atoms with E-state index in [1.807, 2.05) is 0 Å². The van der Waals surface area contributed by atoms with Crippen LogP contribution in [0.5, 0.6) is 5.88 Å². The van der Waals surface area contributed by atoms with Gasteiger partial charge in [-0.15, -0.1) is 0 Å². The number of piperidine rings is 1. The highest BCUT2D eigenvalue weighted by Crippen LogP contribution is 2.52. The largest absolute Gasteiger partial charge is 0.480 e. The fourth-order valence-corrected chi connectivity index (χ4v) is 3.57. The molecule has 1 saturated heterocycles. The maximum Gasteiger partial charge on any atom is 0.435 e. The Labute approximate surface area is 137 Å². The summed E-state index contributed by atoms with van der Waals surface area (Å²) >= 11 is 0. The van der Waals surface area contributed by atoms with E-state index in [1.54, 1.807) is 0 Å². The Bertz CT molecular complexity index is 652. The highest BCUT2D eigenvalue weighted by molar-refractivity contribution is 5.77. The number of halogens is 3. The van der Waals surface area contributed by atoms with E-state index in [4.69, 9.17) is 10.5 Å². The summed E-state index contributed by atoms with van der Waals surface area (Å²) in [6.07, 6.45) is -1.29. The van der Waals surface area contributed by atoms with Gasteiger partial charge in [0.05, 0.1) is 19.0 Å². The van der Waals surface area contributed by atoms with Crippen molar-refractivity contribution in [3.05, 3.63) is 17.6 Å². The molecular formula is C15H19F3N4O2. The zero-order chi connectivity index (χ0) is 17.5. The number of aromatic nitrogens is 2. The molecule has 132 valence electrons. The molecular weight excluding hydrogens is 325 g/mol. The summed E-state index contributed by atoms with van der Waals surface area (Å²) in [6, 6.07) is 0. The first-order chi connectivity index (χ1) is 11.2. The standard InChI is InChI=1S/C15H19F3N4O2/c1-24-11-7-20-10(12(22-11)15(16,17)18)4-9-6-14(9)5-8(13(19)23)2-3-21-14/h7-9,21H,2-6H2,1H3,(H2,19,23). The van der Waals surface area contributed by atoms with Crippen LogP contribution >= 0.6 is 0 Å². The van der Waals surface area contributed by atoms with Crippen molar-refractivity contribution in [2.24, 2.45) is 17.6 Å². The van der Waals surface area contributed by atoms with E-state index in [2.05, 4.69) is 15.3 Å². The highest BCUT2D eigenvalue weighted by atomic mass is 19.4. The van der Waals surface area contributed by atoms with Gasteiger partial charge in [0, 0.05) is 11.5 Å². The van der Waals surface area contributed by atoms with Crippen molar-refractivity contribution in [1.82, 2.24) is 15.3 Å². The summed E-state index contributed by atoms with van der Waals surface area (Å²) in [5, 5.41) is 3.34. The number of methoxy groups -OCH3 is 1. The molecule has 6 nitrogen and oxygen atoms in total. The van der Waals surface area contributed by atoms with E-state index in [1.165, 1.54) is 13.3 Å².